The van der Waals surface area contributed by atoms with Crippen LogP contribution < -0.4 is 5.73 Å². The van der Waals surface area contributed by atoms with Gasteiger partial charge in [-0.05, 0) is 6.92 Å². The van der Waals surface area contributed by atoms with Gasteiger partial charge in [0.1, 0.15) is 18.4 Å². The van der Waals surface area contributed by atoms with Crippen LogP contribution in [0.3, 0.4) is 0 Å². The van der Waals surface area contributed by atoms with Crippen LogP contribution in [0.5, 0.6) is 0 Å². The number of rotatable bonds is 2. The van der Waals surface area contributed by atoms with E-state index in [-0.39, 0.29) is 23.6 Å². The molecule has 0 amide bonds. The Hall–Kier alpha value is -2.63. The zero-order valence-electron chi connectivity index (χ0n) is 10.3. The first kappa shape index (κ1) is 13.8. The Balaban J connectivity index is 2.32. The zero-order valence-corrected chi connectivity index (χ0v) is 10.3. The van der Waals surface area contributed by atoms with Gasteiger partial charge in [-0.3, -0.25) is 4.68 Å². The van der Waals surface area contributed by atoms with Gasteiger partial charge in [-0.25, -0.2) is 9.97 Å². The van der Waals surface area contributed by atoms with Crippen LogP contribution in [0.4, 0.5) is 18.9 Å². The molecule has 0 saturated carbocycles. The van der Waals surface area contributed by atoms with Crippen molar-refractivity contribution in [2.75, 3.05) is 5.73 Å². The minimum absolute atomic E-state index is 0.0577. The molecular weight excluding hydrogens is 273 g/mol. The van der Waals surface area contributed by atoms with Crippen molar-refractivity contribution in [2.45, 2.75) is 19.6 Å². The monoisotopic (exact) mass is 282 g/mol. The van der Waals surface area contributed by atoms with Crippen molar-refractivity contribution < 1.29 is 13.2 Å². The van der Waals surface area contributed by atoms with Crippen LogP contribution >= 0.6 is 0 Å². The molecule has 9 heteroatoms. The van der Waals surface area contributed by atoms with Gasteiger partial charge in [-0.15, -0.1) is 0 Å². The summed E-state index contributed by atoms with van der Waals surface area (Å²) in [5.74, 6) is 0.239. The molecule has 0 radical (unpaired) electrons. The third kappa shape index (κ3) is 2.54. The second kappa shape index (κ2) is 4.80. The highest BCUT2D eigenvalue weighted by molar-refractivity contribution is 5.49. The van der Waals surface area contributed by atoms with Crippen molar-refractivity contribution in [3.05, 3.63) is 35.2 Å². The molecule has 0 aliphatic heterocycles. The standard InChI is InChI=1S/C11H9F3N6/c1-6-9(16)10(11(12,13)14)19-20(6)5-8-17-3-7(2-15)4-18-8/h3-4H,5,16H2,1H3. The third-order valence-electron chi connectivity index (χ3n) is 2.65. The summed E-state index contributed by atoms with van der Waals surface area (Å²) >= 11 is 0. The number of hydrogen-bond acceptors (Lipinski definition) is 5. The molecule has 2 aromatic rings. The Labute approximate surface area is 111 Å². The molecule has 2 heterocycles. The predicted octanol–water partition coefficient (Wildman–Crippen LogP) is 1.50. The van der Waals surface area contributed by atoms with E-state index in [0.717, 1.165) is 4.68 Å². The number of alkyl halides is 3. The fourth-order valence-corrected chi connectivity index (χ4v) is 1.55. The number of anilines is 1. The van der Waals surface area contributed by atoms with Gasteiger partial charge in [-0.2, -0.15) is 23.5 Å². The van der Waals surface area contributed by atoms with E-state index in [9.17, 15) is 13.2 Å². The Morgan fingerprint density at radius 2 is 1.95 bits per heavy atom. The molecule has 0 atom stereocenters. The van der Waals surface area contributed by atoms with Gasteiger partial charge in [0, 0.05) is 12.4 Å². The number of nitriles is 1. The smallest absolute Gasteiger partial charge is 0.395 e. The molecule has 0 bridgehead atoms. The summed E-state index contributed by atoms with van der Waals surface area (Å²) in [4.78, 5) is 7.74. The van der Waals surface area contributed by atoms with Gasteiger partial charge in [0.25, 0.3) is 0 Å². The molecule has 2 N–H and O–H groups in total. The van der Waals surface area contributed by atoms with E-state index in [1.54, 1.807) is 0 Å². The van der Waals surface area contributed by atoms with Gasteiger partial charge < -0.3 is 5.73 Å². The van der Waals surface area contributed by atoms with Gasteiger partial charge in [-0.1, -0.05) is 0 Å². The summed E-state index contributed by atoms with van der Waals surface area (Å²) in [6.07, 6.45) is -2.03. The highest BCUT2D eigenvalue weighted by atomic mass is 19.4. The van der Waals surface area contributed by atoms with E-state index in [2.05, 4.69) is 15.1 Å². The summed E-state index contributed by atoms with van der Waals surface area (Å²) in [5, 5.41) is 12.0. The van der Waals surface area contributed by atoms with Crippen molar-refractivity contribution in [3.63, 3.8) is 0 Å². The van der Waals surface area contributed by atoms with Gasteiger partial charge in [0.05, 0.1) is 16.9 Å². The molecule has 104 valence electrons. The van der Waals surface area contributed by atoms with E-state index >= 15 is 0 Å². The molecule has 2 rings (SSSR count). The fraction of sp³-hybridized carbons (Fsp3) is 0.273. The third-order valence-corrected chi connectivity index (χ3v) is 2.65. The molecule has 6 nitrogen and oxygen atoms in total. The molecule has 20 heavy (non-hydrogen) atoms. The first-order valence-corrected chi connectivity index (χ1v) is 5.44. The molecule has 2 aromatic heterocycles. The van der Waals surface area contributed by atoms with Crippen LogP contribution in [0.1, 0.15) is 22.8 Å². The molecule has 0 saturated heterocycles. The first-order chi connectivity index (χ1) is 9.32. The van der Waals surface area contributed by atoms with E-state index in [4.69, 9.17) is 11.0 Å². The lowest BCUT2D eigenvalue weighted by atomic mass is 10.3. The molecule has 0 aromatic carbocycles. The fourth-order valence-electron chi connectivity index (χ4n) is 1.55. The number of nitrogens with two attached hydrogens (primary N) is 1. The van der Waals surface area contributed by atoms with E-state index in [1.807, 2.05) is 6.07 Å². The molecule has 0 aliphatic carbocycles. The van der Waals surface area contributed by atoms with Crippen LogP contribution in [0.25, 0.3) is 0 Å². The number of nitrogens with zero attached hydrogens (tertiary/aromatic N) is 5. The molecular formula is C11H9F3N6. The Morgan fingerprint density at radius 1 is 1.35 bits per heavy atom. The number of hydrogen-bond donors (Lipinski definition) is 1. The normalized spacial score (nSPS) is 11.3. The van der Waals surface area contributed by atoms with Crippen molar-refractivity contribution in [1.82, 2.24) is 19.7 Å². The second-order valence-corrected chi connectivity index (χ2v) is 4.00. The number of halogens is 3. The highest BCUT2D eigenvalue weighted by Crippen LogP contribution is 2.33. The Bertz CT molecular complexity index is 665. The van der Waals surface area contributed by atoms with Gasteiger partial charge >= 0.3 is 6.18 Å². The second-order valence-electron chi connectivity index (χ2n) is 4.00. The predicted molar refractivity (Wildman–Crippen MR) is 62.2 cm³/mol. The topological polar surface area (TPSA) is 93.4 Å². The molecule has 0 aliphatic rings. The molecule has 0 fully saturated rings. The van der Waals surface area contributed by atoms with Crippen molar-refractivity contribution in [3.8, 4) is 6.07 Å². The van der Waals surface area contributed by atoms with Gasteiger partial charge in [0.2, 0.25) is 0 Å². The summed E-state index contributed by atoms with van der Waals surface area (Å²) in [7, 11) is 0. The summed E-state index contributed by atoms with van der Waals surface area (Å²) in [6, 6.07) is 1.85. The maximum atomic E-state index is 12.7. The van der Waals surface area contributed by atoms with Crippen molar-refractivity contribution >= 4 is 5.69 Å². The van der Waals surface area contributed by atoms with E-state index in [0.29, 0.717) is 0 Å². The van der Waals surface area contributed by atoms with Crippen LogP contribution in [0.2, 0.25) is 0 Å². The number of aromatic nitrogens is 4. The maximum Gasteiger partial charge on any atom is 0.437 e. The zero-order chi connectivity index (χ0) is 14.9. The lowest BCUT2D eigenvalue weighted by Crippen LogP contribution is -2.11. The Morgan fingerprint density at radius 3 is 2.40 bits per heavy atom. The SMILES string of the molecule is Cc1c(N)c(C(F)(F)F)nn1Cc1ncc(C#N)cn1. The minimum Gasteiger partial charge on any atom is -0.395 e. The summed E-state index contributed by atoms with van der Waals surface area (Å²) < 4.78 is 39.1. The van der Waals surface area contributed by atoms with Crippen LogP contribution in [0.15, 0.2) is 12.4 Å². The number of nitrogen functional groups attached to an aromatic ring is 1. The average Bonchev–Trinajstić information content (AvgIpc) is 2.68. The molecule has 0 unspecified atom stereocenters. The van der Waals surface area contributed by atoms with E-state index in [1.165, 1.54) is 19.3 Å². The van der Waals surface area contributed by atoms with Gasteiger partial charge in [0.15, 0.2) is 5.69 Å². The summed E-state index contributed by atoms with van der Waals surface area (Å²) in [6.45, 7) is 1.37. The molecule has 0 spiro atoms. The lowest BCUT2D eigenvalue weighted by molar-refractivity contribution is -0.140. The van der Waals surface area contributed by atoms with Crippen molar-refractivity contribution in [1.29, 1.82) is 5.26 Å². The lowest BCUT2D eigenvalue weighted by Gasteiger charge is -2.03. The quantitative estimate of drug-likeness (QED) is 0.900. The van der Waals surface area contributed by atoms with Crippen LogP contribution in [0, 0.1) is 18.3 Å². The van der Waals surface area contributed by atoms with Crippen molar-refractivity contribution in [2.24, 2.45) is 0 Å². The highest BCUT2D eigenvalue weighted by Gasteiger charge is 2.37. The minimum atomic E-state index is -4.61. The largest absolute Gasteiger partial charge is 0.437 e. The average molecular weight is 282 g/mol. The van der Waals surface area contributed by atoms with E-state index < -0.39 is 17.6 Å². The maximum absolute atomic E-state index is 12.7. The first-order valence-electron chi connectivity index (χ1n) is 5.44. The van der Waals surface area contributed by atoms with Crippen LogP contribution in [-0.2, 0) is 12.7 Å². The van der Waals surface area contributed by atoms with Crippen LogP contribution in [-0.4, -0.2) is 19.7 Å². The summed E-state index contributed by atoms with van der Waals surface area (Å²) in [5.41, 5.74) is 4.32. The Kier molecular flexibility index (Phi) is 3.31.